The van der Waals surface area contributed by atoms with Gasteiger partial charge in [0.05, 0.1) is 0 Å². The lowest BCUT2D eigenvalue weighted by Gasteiger charge is -2.00. The molecule has 0 saturated carbocycles. The molecule has 114 valence electrons. The molecule has 0 aliphatic heterocycles. The second kappa shape index (κ2) is 7.17. The van der Waals surface area contributed by atoms with Gasteiger partial charge in [-0.25, -0.2) is 5.10 Å². The molecule has 6 heteroatoms. The van der Waals surface area contributed by atoms with Crippen molar-refractivity contribution in [2.24, 2.45) is 5.10 Å². The number of halogens is 1. The molecule has 1 aromatic heterocycles. The Kier molecular flexibility index (Phi) is 4.80. The number of nitrogens with zero attached hydrogens (tertiary/aromatic N) is 3. The number of nitrogens with one attached hydrogen (secondary N) is 1. The van der Waals surface area contributed by atoms with E-state index in [0.717, 1.165) is 11.1 Å². The zero-order chi connectivity index (χ0) is 16.1. The topological polar surface area (TPSA) is 46.0 Å². The third-order valence-corrected chi connectivity index (χ3v) is 3.63. The summed E-state index contributed by atoms with van der Waals surface area (Å²) in [6, 6.07) is 17.4. The van der Waals surface area contributed by atoms with Gasteiger partial charge >= 0.3 is 0 Å². The van der Waals surface area contributed by atoms with Crippen molar-refractivity contribution in [2.45, 2.75) is 0 Å². The molecule has 0 spiro atoms. The van der Waals surface area contributed by atoms with E-state index in [0.29, 0.717) is 15.6 Å². The molecule has 0 saturated heterocycles. The summed E-state index contributed by atoms with van der Waals surface area (Å²) in [5.41, 5.74) is 1.98. The van der Waals surface area contributed by atoms with E-state index in [1.54, 1.807) is 23.0 Å². The SMILES string of the molecule is S=c1[nH]nc(-c2ccc(Cl)cc2)n1/N=C\C=C\c1ccccc1. The van der Waals surface area contributed by atoms with Gasteiger partial charge in [-0.05, 0) is 48.1 Å². The maximum absolute atomic E-state index is 5.91. The van der Waals surface area contributed by atoms with Crippen LogP contribution in [0.2, 0.25) is 5.02 Å². The monoisotopic (exact) mass is 340 g/mol. The smallest absolute Gasteiger partial charge is 0.216 e. The van der Waals surface area contributed by atoms with Crippen LogP contribution in [0.5, 0.6) is 0 Å². The Balaban J connectivity index is 1.84. The first-order valence-electron chi connectivity index (χ1n) is 6.93. The lowest BCUT2D eigenvalue weighted by atomic mass is 10.2. The minimum atomic E-state index is 0.430. The normalized spacial score (nSPS) is 11.5. The molecule has 1 N–H and O–H groups in total. The number of aromatic nitrogens is 3. The van der Waals surface area contributed by atoms with Crippen LogP contribution < -0.4 is 0 Å². The van der Waals surface area contributed by atoms with Gasteiger partial charge in [-0.3, -0.25) is 0 Å². The Morgan fingerprint density at radius 2 is 1.83 bits per heavy atom. The van der Waals surface area contributed by atoms with E-state index < -0.39 is 0 Å². The summed E-state index contributed by atoms with van der Waals surface area (Å²) in [6.45, 7) is 0. The number of hydrogen-bond acceptors (Lipinski definition) is 3. The summed E-state index contributed by atoms with van der Waals surface area (Å²) in [4.78, 5) is 0. The minimum Gasteiger partial charge on any atom is -0.250 e. The van der Waals surface area contributed by atoms with Crippen molar-refractivity contribution in [1.82, 2.24) is 14.9 Å². The van der Waals surface area contributed by atoms with Gasteiger partial charge in [-0.2, -0.15) is 14.9 Å². The van der Waals surface area contributed by atoms with Crippen LogP contribution in [0.1, 0.15) is 5.56 Å². The maximum Gasteiger partial charge on any atom is 0.216 e. The van der Waals surface area contributed by atoms with E-state index in [1.807, 2.05) is 54.6 Å². The summed E-state index contributed by atoms with van der Waals surface area (Å²) in [5.74, 6) is 0.635. The van der Waals surface area contributed by atoms with Gasteiger partial charge in [0.2, 0.25) is 4.77 Å². The molecule has 0 aliphatic rings. The molecule has 0 fully saturated rings. The number of hydrogen-bond donors (Lipinski definition) is 1. The second-order valence-electron chi connectivity index (χ2n) is 4.71. The highest BCUT2D eigenvalue weighted by atomic mass is 35.5. The molecule has 0 aliphatic carbocycles. The van der Waals surface area contributed by atoms with E-state index in [1.165, 1.54) is 0 Å². The van der Waals surface area contributed by atoms with Gasteiger partial charge in [0.15, 0.2) is 5.82 Å². The molecule has 23 heavy (non-hydrogen) atoms. The van der Waals surface area contributed by atoms with Crippen molar-refractivity contribution in [3.8, 4) is 11.4 Å². The number of benzene rings is 2. The lowest BCUT2D eigenvalue weighted by molar-refractivity contribution is 0.872. The Bertz CT molecular complexity index is 892. The molecule has 0 radical (unpaired) electrons. The standard InChI is InChI=1S/C17H13ClN4S/c18-15-10-8-14(9-11-15)16-20-21-17(23)22(16)19-12-4-7-13-5-2-1-3-6-13/h1-12H,(H,21,23)/b7-4+,19-12-. The number of aromatic amines is 1. The minimum absolute atomic E-state index is 0.430. The highest BCUT2D eigenvalue weighted by Crippen LogP contribution is 2.19. The summed E-state index contributed by atoms with van der Waals surface area (Å²) < 4.78 is 2.01. The predicted octanol–water partition coefficient (Wildman–Crippen LogP) is 4.81. The van der Waals surface area contributed by atoms with Crippen LogP contribution >= 0.6 is 23.8 Å². The Hall–Kier alpha value is -2.50. The molecule has 0 bridgehead atoms. The van der Waals surface area contributed by atoms with Crippen molar-refractivity contribution >= 4 is 36.1 Å². The third-order valence-electron chi connectivity index (χ3n) is 3.11. The number of H-pyrrole nitrogens is 1. The van der Waals surface area contributed by atoms with Gasteiger partial charge in [0.1, 0.15) is 0 Å². The van der Waals surface area contributed by atoms with Gasteiger partial charge in [-0.1, -0.05) is 48.0 Å². The van der Waals surface area contributed by atoms with E-state index in [2.05, 4.69) is 15.3 Å². The van der Waals surface area contributed by atoms with Gasteiger partial charge < -0.3 is 0 Å². The first-order chi connectivity index (χ1) is 11.2. The fourth-order valence-electron chi connectivity index (χ4n) is 2.01. The van der Waals surface area contributed by atoms with Crippen molar-refractivity contribution in [2.75, 3.05) is 0 Å². The zero-order valence-electron chi connectivity index (χ0n) is 12.1. The Morgan fingerprint density at radius 3 is 2.57 bits per heavy atom. The molecule has 0 atom stereocenters. The van der Waals surface area contributed by atoms with E-state index in [4.69, 9.17) is 23.8 Å². The number of allylic oxidation sites excluding steroid dienone is 1. The van der Waals surface area contributed by atoms with Crippen LogP contribution in [0.4, 0.5) is 0 Å². The second-order valence-corrected chi connectivity index (χ2v) is 5.53. The van der Waals surface area contributed by atoms with Crippen LogP contribution in [0.3, 0.4) is 0 Å². The lowest BCUT2D eigenvalue weighted by Crippen LogP contribution is -1.93. The predicted molar refractivity (Wildman–Crippen MR) is 97.2 cm³/mol. The van der Waals surface area contributed by atoms with Crippen molar-refractivity contribution in [3.63, 3.8) is 0 Å². The van der Waals surface area contributed by atoms with Crippen LogP contribution in [-0.4, -0.2) is 21.1 Å². The zero-order valence-corrected chi connectivity index (χ0v) is 13.6. The fraction of sp³-hybridized carbons (Fsp3) is 0. The molecule has 0 amide bonds. The van der Waals surface area contributed by atoms with Gasteiger partial charge in [-0.15, -0.1) is 0 Å². The van der Waals surface area contributed by atoms with E-state index in [-0.39, 0.29) is 0 Å². The molecule has 1 heterocycles. The summed E-state index contributed by atoms with van der Waals surface area (Å²) >= 11 is 11.1. The number of rotatable bonds is 4. The highest BCUT2D eigenvalue weighted by Gasteiger charge is 2.07. The molecule has 3 rings (SSSR count). The Morgan fingerprint density at radius 1 is 1.09 bits per heavy atom. The largest absolute Gasteiger partial charge is 0.250 e. The first kappa shape index (κ1) is 15.4. The molecular weight excluding hydrogens is 328 g/mol. The summed E-state index contributed by atoms with van der Waals surface area (Å²) in [6.07, 6.45) is 5.50. The average molecular weight is 341 g/mol. The van der Waals surface area contributed by atoms with Crippen molar-refractivity contribution in [3.05, 3.63) is 76.0 Å². The van der Waals surface area contributed by atoms with Crippen LogP contribution in [0.25, 0.3) is 17.5 Å². The van der Waals surface area contributed by atoms with Gasteiger partial charge in [0.25, 0.3) is 0 Å². The van der Waals surface area contributed by atoms with Crippen molar-refractivity contribution < 1.29 is 0 Å². The average Bonchev–Trinajstić information content (AvgIpc) is 2.94. The molecular formula is C17H13ClN4S. The third kappa shape index (κ3) is 3.83. The first-order valence-corrected chi connectivity index (χ1v) is 7.72. The Labute approximate surface area is 143 Å². The summed E-state index contributed by atoms with van der Waals surface area (Å²) in [5, 5.41) is 12.0. The van der Waals surface area contributed by atoms with Crippen LogP contribution in [0, 0.1) is 4.77 Å². The molecule has 4 nitrogen and oxygen atoms in total. The molecule has 2 aromatic carbocycles. The molecule has 3 aromatic rings. The van der Waals surface area contributed by atoms with Crippen molar-refractivity contribution in [1.29, 1.82) is 0 Å². The van der Waals surface area contributed by atoms with Gasteiger partial charge in [0, 0.05) is 16.8 Å². The van der Waals surface area contributed by atoms with Crippen LogP contribution in [0.15, 0.2) is 65.8 Å². The maximum atomic E-state index is 5.91. The van der Waals surface area contributed by atoms with E-state index >= 15 is 0 Å². The van der Waals surface area contributed by atoms with Crippen LogP contribution in [-0.2, 0) is 0 Å². The highest BCUT2D eigenvalue weighted by molar-refractivity contribution is 7.71. The quantitative estimate of drug-likeness (QED) is 0.547. The summed E-state index contributed by atoms with van der Waals surface area (Å²) in [7, 11) is 0. The van der Waals surface area contributed by atoms with E-state index in [9.17, 15) is 0 Å². The molecule has 0 unspecified atom stereocenters. The fourth-order valence-corrected chi connectivity index (χ4v) is 2.31.